The molecule has 0 aliphatic carbocycles. The van der Waals surface area contributed by atoms with E-state index in [4.69, 9.17) is 17.8 Å². The maximum absolute atomic E-state index is 13.6. The van der Waals surface area contributed by atoms with Crippen LogP contribution in [0.15, 0.2) is 26.9 Å². The molecule has 2 aliphatic heterocycles. The number of nitrogens with one attached hydrogen (secondary N) is 1. The second kappa shape index (κ2) is 11.9. The van der Waals surface area contributed by atoms with Gasteiger partial charge in [0, 0.05) is 25.4 Å². The molecule has 3 rings (SSSR count). The topological polar surface area (TPSA) is 164 Å². The van der Waals surface area contributed by atoms with Crippen LogP contribution in [0.2, 0.25) is 36.3 Å². The number of carboxylic acid groups (broad SMARTS) is 1. The molecule has 250 valence electrons. The molecular formula is C28H49N3O10SSi2. The summed E-state index contributed by atoms with van der Waals surface area (Å²) >= 11 is 0. The molecule has 0 saturated carbocycles. The van der Waals surface area contributed by atoms with Crippen molar-refractivity contribution in [3.63, 3.8) is 0 Å². The number of nitrogens with zero attached hydrogens (tertiary/aromatic N) is 2. The van der Waals surface area contributed by atoms with Crippen LogP contribution in [0.3, 0.4) is 0 Å². The fourth-order valence-electron chi connectivity index (χ4n) is 4.69. The van der Waals surface area contributed by atoms with Crippen LogP contribution in [0.5, 0.6) is 0 Å². The molecule has 0 bridgehead atoms. The number of aliphatic carboxylic acids is 1. The molecular weight excluding hydrogens is 627 g/mol. The Morgan fingerprint density at radius 2 is 1.66 bits per heavy atom. The average Bonchev–Trinajstić information content (AvgIpc) is 3.29. The minimum absolute atomic E-state index is 0.0587. The second-order valence-electron chi connectivity index (χ2n) is 14.7. The van der Waals surface area contributed by atoms with Crippen molar-refractivity contribution in [1.29, 1.82) is 0 Å². The molecule has 4 unspecified atom stereocenters. The molecule has 1 fully saturated rings. The SMILES string of the molecule is Cc1cn(C2OC(CO[Si](C)(C)C(C)(C)C)C3(OS(=O)(=O)C=C3NCCC(=O)O)C2O[Si](C)(C)C(C)(C)C)c(=O)n(C)c1=O. The fraction of sp³-hybridized carbons (Fsp3) is 0.750. The summed E-state index contributed by atoms with van der Waals surface area (Å²) in [5.41, 5.74) is -2.69. The normalized spacial score (nSPS) is 25.8. The van der Waals surface area contributed by atoms with Gasteiger partial charge in [0.2, 0.25) is 0 Å². The van der Waals surface area contributed by atoms with Gasteiger partial charge in [-0.2, -0.15) is 8.42 Å². The van der Waals surface area contributed by atoms with Crippen molar-refractivity contribution in [3.05, 3.63) is 43.7 Å². The summed E-state index contributed by atoms with van der Waals surface area (Å²) in [5, 5.41) is 12.7. The summed E-state index contributed by atoms with van der Waals surface area (Å²) in [7, 11) is -8.14. The summed E-state index contributed by atoms with van der Waals surface area (Å²) in [6, 6.07) is 0. The minimum atomic E-state index is -4.32. The molecule has 1 spiro atoms. The van der Waals surface area contributed by atoms with Crippen LogP contribution in [0.4, 0.5) is 0 Å². The van der Waals surface area contributed by atoms with E-state index < -0.39 is 68.0 Å². The highest BCUT2D eigenvalue weighted by Crippen LogP contribution is 2.52. The molecule has 0 radical (unpaired) electrons. The predicted octanol–water partition coefficient (Wildman–Crippen LogP) is 3.17. The van der Waals surface area contributed by atoms with Crippen molar-refractivity contribution in [3.8, 4) is 0 Å². The largest absolute Gasteiger partial charge is 0.481 e. The smallest absolute Gasteiger partial charge is 0.332 e. The van der Waals surface area contributed by atoms with E-state index in [0.29, 0.717) is 0 Å². The summed E-state index contributed by atoms with van der Waals surface area (Å²) in [6.07, 6.45) is -2.47. The number of aryl methyl sites for hydroxylation is 1. The van der Waals surface area contributed by atoms with Gasteiger partial charge in [-0.05, 0) is 43.2 Å². The maximum Gasteiger partial charge on any atom is 0.332 e. The van der Waals surface area contributed by atoms with Gasteiger partial charge in [-0.15, -0.1) is 0 Å². The molecule has 0 aromatic carbocycles. The van der Waals surface area contributed by atoms with Gasteiger partial charge >= 0.3 is 11.7 Å². The first-order chi connectivity index (χ1) is 19.8. The van der Waals surface area contributed by atoms with Gasteiger partial charge in [0.05, 0.1) is 24.1 Å². The second-order valence-corrected chi connectivity index (χ2v) is 25.7. The summed E-state index contributed by atoms with van der Waals surface area (Å²) in [4.78, 5) is 37.6. The summed E-state index contributed by atoms with van der Waals surface area (Å²) in [6.45, 7) is 21.7. The van der Waals surface area contributed by atoms with Crippen LogP contribution in [-0.4, -0.2) is 76.2 Å². The third kappa shape index (κ3) is 6.85. The zero-order valence-corrected chi connectivity index (χ0v) is 30.7. The number of hydrogen-bond acceptors (Lipinski definition) is 10. The van der Waals surface area contributed by atoms with Gasteiger partial charge in [-0.1, -0.05) is 41.5 Å². The summed E-state index contributed by atoms with van der Waals surface area (Å²) < 4.78 is 54.8. The van der Waals surface area contributed by atoms with E-state index in [9.17, 15) is 27.9 Å². The minimum Gasteiger partial charge on any atom is -0.481 e. The van der Waals surface area contributed by atoms with E-state index in [1.165, 1.54) is 17.8 Å². The molecule has 0 amide bonds. The maximum atomic E-state index is 13.6. The molecule has 2 N–H and O–H groups in total. The molecule has 13 nitrogen and oxygen atoms in total. The quantitative estimate of drug-likeness (QED) is 0.277. The lowest BCUT2D eigenvalue weighted by Gasteiger charge is -2.44. The van der Waals surface area contributed by atoms with Gasteiger partial charge < -0.3 is 24.0 Å². The van der Waals surface area contributed by atoms with Crippen molar-refractivity contribution >= 4 is 32.7 Å². The Bertz CT molecular complexity index is 1540. The summed E-state index contributed by atoms with van der Waals surface area (Å²) in [5.74, 6) is -1.08. The average molecular weight is 676 g/mol. The van der Waals surface area contributed by atoms with E-state index in [0.717, 1.165) is 9.98 Å². The Kier molecular flexibility index (Phi) is 9.87. The van der Waals surface area contributed by atoms with Crippen molar-refractivity contribution in [2.24, 2.45) is 7.05 Å². The number of aromatic nitrogens is 2. The van der Waals surface area contributed by atoms with Crippen LogP contribution in [0.1, 0.15) is 59.8 Å². The Morgan fingerprint density at radius 3 is 2.18 bits per heavy atom. The third-order valence-electron chi connectivity index (χ3n) is 9.44. The van der Waals surface area contributed by atoms with E-state index in [1.54, 1.807) is 6.92 Å². The molecule has 3 heterocycles. The number of hydrogen-bond donors (Lipinski definition) is 2. The van der Waals surface area contributed by atoms with Gasteiger partial charge in [-0.25, -0.2) is 8.98 Å². The fourth-order valence-corrected chi connectivity index (χ4v) is 8.25. The zero-order chi connectivity index (χ0) is 33.8. The third-order valence-corrected chi connectivity index (χ3v) is 19.4. The van der Waals surface area contributed by atoms with E-state index in [2.05, 4.69) is 26.1 Å². The molecule has 44 heavy (non-hydrogen) atoms. The molecule has 2 aliphatic rings. The van der Waals surface area contributed by atoms with Crippen LogP contribution < -0.4 is 16.6 Å². The predicted molar refractivity (Wildman–Crippen MR) is 171 cm³/mol. The van der Waals surface area contributed by atoms with Gasteiger partial charge in [-0.3, -0.25) is 18.7 Å². The monoisotopic (exact) mass is 675 g/mol. The molecule has 1 aromatic rings. The highest BCUT2D eigenvalue weighted by atomic mass is 32.2. The van der Waals surface area contributed by atoms with E-state index in [1.807, 2.05) is 47.0 Å². The van der Waals surface area contributed by atoms with E-state index >= 15 is 0 Å². The van der Waals surface area contributed by atoms with Crippen LogP contribution in [0.25, 0.3) is 0 Å². The van der Waals surface area contributed by atoms with Gasteiger partial charge in [0.25, 0.3) is 15.7 Å². The standard InChI is InChI=1S/C28H49N3O10SSi2/c1-18-15-31(25(35)30(8)23(18)34)24-22(40-44(11,12)27(5,6)7)28(20(39-24)16-38-43(9,10)26(2,3)4)19(17-42(36,37)41-28)29-14-13-21(32)33/h15,17,20,22,24,29H,13-14,16H2,1-12H3,(H,32,33). The van der Waals surface area contributed by atoms with Crippen LogP contribution in [0, 0.1) is 6.92 Å². The number of carboxylic acids is 1. The Morgan fingerprint density at radius 1 is 1.09 bits per heavy atom. The van der Waals surface area contributed by atoms with Crippen molar-refractivity contribution < 1.29 is 36.1 Å². The van der Waals surface area contributed by atoms with Crippen molar-refractivity contribution in [2.45, 2.75) is 115 Å². The number of ether oxygens (including phenoxy) is 1. The highest BCUT2D eigenvalue weighted by molar-refractivity contribution is 7.90. The molecule has 16 heteroatoms. The lowest BCUT2D eigenvalue weighted by molar-refractivity contribution is -0.136. The Hall–Kier alpha value is -2.09. The lowest BCUT2D eigenvalue weighted by atomic mass is 9.89. The first-order valence-electron chi connectivity index (χ1n) is 14.7. The molecule has 1 aromatic heterocycles. The van der Waals surface area contributed by atoms with Crippen molar-refractivity contribution in [1.82, 2.24) is 14.5 Å². The van der Waals surface area contributed by atoms with Gasteiger partial charge in [0.15, 0.2) is 28.5 Å². The lowest BCUT2D eigenvalue weighted by Crippen LogP contribution is -2.60. The molecule has 4 atom stereocenters. The highest BCUT2D eigenvalue weighted by Gasteiger charge is 2.68. The van der Waals surface area contributed by atoms with Gasteiger partial charge in [0.1, 0.15) is 12.2 Å². The van der Waals surface area contributed by atoms with Crippen LogP contribution in [-0.2, 0) is 39.7 Å². The van der Waals surface area contributed by atoms with E-state index in [-0.39, 0.29) is 40.9 Å². The first kappa shape index (κ1) is 36.4. The number of rotatable bonds is 10. The Labute approximate surface area is 261 Å². The zero-order valence-electron chi connectivity index (χ0n) is 27.9. The molecule has 1 saturated heterocycles. The Balaban J connectivity index is 2.33. The van der Waals surface area contributed by atoms with Crippen molar-refractivity contribution in [2.75, 3.05) is 13.2 Å². The first-order valence-corrected chi connectivity index (χ1v) is 22.0. The number of carbonyl (C=O) groups is 1. The van der Waals surface area contributed by atoms with Crippen LogP contribution >= 0.6 is 0 Å².